The van der Waals surface area contributed by atoms with Crippen molar-refractivity contribution in [3.05, 3.63) is 29.8 Å². The molecule has 2 aliphatic heterocycles. The molecule has 1 aromatic carbocycles. The van der Waals surface area contributed by atoms with E-state index in [1.807, 2.05) is 31.2 Å². The first-order chi connectivity index (χ1) is 9.58. The first-order valence-electron chi connectivity index (χ1n) is 6.08. The highest BCUT2D eigenvalue weighted by molar-refractivity contribution is 8.15. The monoisotopic (exact) mass is 288 g/mol. The van der Waals surface area contributed by atoms with Crippen molar-refractivity contribution in [2.45, 2.75) is 12.2 Å². The second kappa shape index (κ2) is 4.75. The third kappa shape index (κ3) is 2.00. The molecule has 7 heteroatoms. The highest BCUT2D eigenvalue weighted by Gasteiger charge is 2.32. The molecule has 2 heterocycles. The third-order valence-electron chi connectivity index (χ3n) is 3.13. The number of nitrogens with zero attached hydrogens (tertiary/aromatic N) is 3. The third-order valence-corrected chi connectivity index (χ3v) is 4.25. The summed E-state index contributed by atoms with van der Waals surface area (Å²) in [5.41, 5.74) is 1.73. The number of rotatable bonds is 1. The van der Waals surface area contributed by atoms with Crippen LogP contribution in [0.1, 0.15) is 12.5 Å². The number of nitrogens with one attached hydrogen (secondary N) is 1. The Morgan fingerprint density at radius 2 is 2.00 bits per heavy atom. The fourth-order valence-corrected chi connectivity index (χ4v) is 2.95. The zero-order valence-corrected chi connectivity index (χ0v) is 11.8. The summed E-state index contributed by atoms with van der Waals surface area (Å²) in [5.74, 6) is -0.286. The minimum atomic E-state index is -0.277. The van der Waals surface area contributed by atoms with Gasteiger partial charge in [-0.2, -0.15) is 0 Å². The Bertz CT molecular complexity index is 668. The lowest BCUT2D eigenvalue weighted by atomic mass is 10.1. The normalized spacial score (nSPS) is 25.5. The highest BCUT2D eigenvalue weighted by Crippen LogP contribution is 2.26. The zero-order chi connectivity index (χ0) is 14.3. The van der Waals surface area contributed by atoms with Crippen LogP contribution in [0, 0.1) is 0 Å². The maximum atomic E-state index is 11.8. The number of amidine groups is 1. The lowest BCUT2D eigenvalue weighted by Crippen LogP contribution is -2.26. The lowest BCUT2D eigenvalue weighted by Gasteiger charge is -2.05. The summed E-state index contributed by atoms with van der Waals surface area (Å²) in [6.07, 6.45) is 0. The van der Waals surface area contributed by atoms with Crippen LogP contribution in [0.4, 0.5) is 5.69 Å². The van der Waals surface area contributed by atoms with E-state index < -0.39 is 0 Å². The second-order valence-corrected chi connectivity index (χ2v) is 5.80. The smallest absolute Gasteiger partial charge is 0.276 e. The van der Waals surface area contributed by atoms with Crippen LogP contribution in [0.15, 0.2) is 34.5 Å². The molecule has 6 nitrogen and oxygen atoms in total. The van der Waals surface area contributed by atoms with E-state index in [4.69, 9.17) is 0 Å². The molecule has 1 fully saturated rings. The van der Waals surface area contributed by atoms with Gasteiger partial charge in [0.2, 0.25) is 5.91 Å². The Morgan fingerprint density at radius 1 is 1.25 bits per heavy atom. The number of carbonyl (C=O) groups is 2. The highest BCUT2D eigenvalue weighted by atomic mass is 32.2. The van der Waals surface area contributed by atoms with E-state index in [1.165, 1.54) is 16.7 Å². The Hall–Kier alpha value is -2.15. The van der Waals surface area contributed by atoms with Crippen molar-refractivity contribution in [2.24, 2.45) is 10.2 Å². The Kier molecular flexibility index (Phi) is 3.06. The molecule has 3 rings (SSSR count). The van der Waals surface area contributed by atoms with Crippen LogP contribution >= 0.6 is 11.8 Å². The maximum Gasteiger partial charge on any atom is 0.276 e. The summed E-state index contributed by atoms with van der Waals surface area (Å²) < 4.78 is 0. The SMILES string of the molecule is CC1S/C(=N/N=C2\C(=O)Nc3ccccc32)N(C)C1=O. The fourth-order valence-electron chi connectivity index (χ4n) is 2.04. The first kappa shape index (κ1) is 12.9. The quantitative estimate of drug-likeness (QED) is 0.791. The Morgan fingerprint density at radius 3 is 2.70 bits per heavy atom. The number of fused-ring (bicyclic) bond motifs is 1. The molecule has 1 saturated heterocycles. The number of thioether (sulfide) groups is 1. The number of benzene rings is 1. The lowest BCUT2D eigenvalue weighted by molar-refractivity contribution is -0.124. The second-order valence-electron chi connectivity index (χ2n) is 4.49. The molecule has 1 atom stereocenters. The van der Waals surface area contributed by atoms with Crippen LogP contribution in [0.5, 0.6) is 0 Å². The number of para-hydroxylation sites is 1. The molecule has 2 amide bonds. The van der Waals surface area contributed by atoms with Crippen LogP contribution in [-0.2, 0) is 9.59 Å². The molecule has 0 radical (unpaired) electrons. The molecule has 0 bridgehead atoms. The summed E-state index contributed by atoms with van der Waals surface area (Å²) >= 11 is 1.34. The van der Waals surface area contributed by atoms with Crippen LogP contribution in [0.2, 0.25) is 0 Å². The van der Waals surface area contributed by atoms with Gasteiger partial charge < -0.3 is 5.32 Å². The number of amides is 2. The van der Waals surface area contributed by atoms with E-state index in [0.717, 1.165) is 11.3 Å². The van der Waals surface area contributed by atoms with Gasteiger partial charge in [0.1, 0.15) is 0 Å². The van der Waals surface area contributed by atoms with Gasteiger partial charge in [-0.1, -0.05) is 30.0 Å². The Balaban J connectivity index is 1.94. The maximum absolute atomic E-state index is 11.8. The average molecular weight is 288 g/mol. The molecule has 0 aliphatic carbocycles. The van der Waals surface area contributed by atoms with Crippen molar-refractivity contribution >= 4 is 40.1 Å². The van der Waals surface area contributed by atoms with E-state index in [0.29, 0.717) is 5.17 Å². The number of anilines is 1. The number of hydrogen-bond acceptors (Lipinski definition) is 5. The molecule has 0 spiro atoms. The largest absolute Gasteiger partial charge is 0.320 e. The van der Waals surface area contributed by atoms with Crippen molar-refractivity contribution in [2.75, 3.05) is 12.4 Å². The van der Waals surface area contributed by atoms with Gasteiger partial charge in [-0.15, -0.1) is 10.2 Å². The van der Waals surface area contributed by atoms with Gasteiger partial charge in [-0.3, -0.25) is 14.5 Å². The molecule has 102 valence electrons. The fraction of sp³-hybridized carbons (Fsp3) is 0.231. The van der Waals surface area contributed by atoms with Gasteiger partial charge in [0.05, 0.1) is 10.9 Å². The van der Waals surface area contributed by atoms with Gasteiger partial charge in [-0.25, -0.2) is 0 Å². The summed E-state index contributed by atoms with van der Waals surface area (Å²) in [5, 5.41) is 11.1. The molecule has 1 unspecified atom stereocenters. The molecular weight excluding hydrogens is 276 g/mol. The number of carbonyl (C=O) groups excluding carboxylic acids is 2. The van der Waals surface area contributed by atoms with Gasteiger partial charge in [0.15, 0.2) is 10.9 Å². The van der Waals surface area contributed by atoms with Crippen molar-refractivity contribution < 1.29 is 9.59 Å². The molecule has 0 saturated carbocycles. The molecule has 20 heavy (non-hydrogen) atoms. The number of hydrogen-bond donors (Lipinski definition) is 1. The predicted octanol–water partition coefficient (Wildman–Crippen LogP) is 1.29. The van der Waals surface area contributed by atoms with Crippen molar-refractivity contribution in [1.82, 2.24) is 4.90 Å². The summed E-state index contributed by atoms with van der Waals surface area (Å²) in [4.78, 5) is 25.0. The van der Waals surface area contributed by atoms with Crippen LogP contribution in [-0.4, -0.2) is 39.9 Å². The van der Waals surface area contributed by atoms with Gasteiger partial charge >= 0.3 is 0 Å². The zero-order valence-electron chi connectivity index (χ0n) is 11.0. The van der Waals surface area contributed by atoms with E-state index >= 15 is 0 Å². The molecule has 2 aliphatic rings. The minimum absolute atomic E-state index is 0.00905. The van der Waals surface area contributed by atoms with E-state index in [2.05, 4.69) is 15.5 Å². The molecule has 1 N–H and O–H groups in total. The van der Waals surface area contributed by atoms with E-state index in [9.17, 15) is 9.59 Å². The van der Waals surface area contributed by atoms with Crippen LogP contribution in [0.3, 0.4) is 0 Å². The first-order valence-corrected chi connectivity index (χ1v) is 6.96. The summed E-state index contributed by atoms with van der Waals surface area (Å²) in [6.45, 7) is 1.82. The van der Waals surface area contributed by atoms with Gasteiger partial charge in [-0.05, 0) is 13.0 Å². The topological polar surface area (TPSA) is 74.1 Å². The molecule has 0 aromatic heterocycles. The predicted molar refractivity (Wildman–Crippen MR) is 78.9 cm³/mol. The van der Waals surface area contributed by atoms with Gasteiger partial charge in [0, 0.05) is 12.6 Å². The van der Waals surface area contributed by atoms with E-state index in [-0.39, 0.29) is 22.8 Å². The van der Waals surface area contributed by atoms with Crippen LogP contribution in [0.25, 0.3) is 0 Å². The summed E-state index contributed by atoms with van der Waals surface area (Å²) in [7, 11) is 1.65. The standard InChI is InChI=1S/C13H12N4O2S/c1-7-12(19)17(2)13(20-7)16-15-10-8-5-3-4-6-9(8)14-11(10)18/h3-7H,1-2H3,(H,14,15,18)/b16-13+. The average Bonchev–Trinajstić information content (AvgIpc) is 2.88. The minimum Gasteiger partial charge on any atom is -0.320 e. The summed E-state index contributed by atoms with van der Waals surface area (Å²) in [6, 6.07) is 7.30. The molecular formula is C13H12N4O2S. The van der Waals surface area contributed by atoms with Crippen molar-refractivity contribution in [1.29, 1.82) is 0 Å². The van der Waals surface area contributed by atoms with Crippen molar-refractivity contribution in [3.63, 3.8) is 0 Å². The van der Waals surface area contributed by atoms with Crippen LogP contribution < -0.4 is 5.32 Å². The molecule has 1 aromatic rings. The van der Waals surface area contributed by atoms with Crippen molar-refractivity contribution in [3.8, 4) is 0 Å². The van der Waals surface area contributed by atoms with Gasteiger partial charge in [0.25, 0.3) is 5.91 Å². The van der Waals surface area contributed by atoms with E-state index in [1.54, 1.807) is 7.05 Å². The Labute approximate surface area is 119 Å².